The van der Waals surface area contributed by atoms with Crippen molar-refractivity contribution in [2.45, 2.75) is 25.5 Å². The average molecular weight is 257 g/mol. The van der Waals surface area contributed by atoms with Crippen LogP contribution >= 0.6 is 0 Å². The van der Waals surface area contributed by atoms with Crippen molar-refractivity contribution in [3.63, 3.8) is 0 Å². The molecule has 2 unspecified atom stereocenters. The highest BCUT2D eigenvalue weighted by Crippen LogP contribution is 2.32. The van der Waals surface area contributed by atoms with Gasteiger partial charge < -0.3 is 10.4 Å². The third-order valence-electron chi connectivity index (χ3n) is 3.74. The van der Waals surface area contributed by atoms with Gasteiger partial charge in [-0.1, -0.05) is 24.3 Å². The molecule has 19 heavy (non-hydrogen) atoms. The van der Waals surface area contributed by atoms with Gasteiger partial charge in [-0.15, -0.1) is 0 Å². The Bertz CT molecular complexity index is 586. The molecule has 2 aromatic rings. The molecule has 0 aliphatic carbocycles. The maximum absolute atomic E-state index is 13.3. The summed E-state index contributed by atoms with van der Waals surface area (Å²) in [6, 6.07) is 12.5. The maximum atomic E-state index is 13.3. The summed E-state index contributed by atoms with van der Waals surface area (Å²) in [5.74, 6) is -0.310. The molecule has 1 aliphatic rings. The molecule has 0 saturated carbocycles. The minimum absolute atomic E-state index is 0.0992. The largest absolute Gasteiger partial charge is 0.386 e. The van der Waals surface area contributed by atoms with Crippen molar-refractivity contribution in [2.75, 3.05) is 5.32 Å². The van der Waals surface area contributed by atoms with Gasteiger partial charge in [0.05, 0.1) is 12.1 Å². The van der Waals surface area contributed by atoms with Crippen molar-refractivity contribution in [1.29, 1.82) is 0 Å². The predicted octanol–water partition coefficient (Wildman–Crippen LogP) is 3.20. The van der Waals surface area contributed by atoms with E-state index in [0.717, 1.165) is 17.7 Å². The van der Waals surface area contributed by atoms with Crippen LogP contribution in [-0.2, 0) is 6.42 Å². The van der Waals surface area contributed by atoms with E-state index in [-0.39, 0.29) is 11.9 Å². The highest BCUT2D eigenvalue weighted by atomic mass is 19.1. The number of rotatable bonds is 2. The first kappa shape index (κ1) is 12.2. The number of aliphatic hydroxyl groups is 1. The number of aliphatic hydroxyl groups excluding tert-OH is 1. The molecule has 0 spiro atoms. The number of anilines is 1. The molecule has 0 bridgehead atoms. The molecule has 0 aromatic heterocycles. The number of aryl methyl sites for hydroxylation is 1. The average Bonchev–Trinajstić information content (AvgIpc) is 2.84. The molecule has 0 fully saturated rings. The minimum Gasteiger partial charge on any atom is -0.386 e. The van der Waals surface area contributed by atoms with Crippen LogP contribution in [0.1, 0.15) is 22.8 Å². The van der Waals surface area contributed by atoms with Crippen molar-refractivity contribution in [3.8, 4) is 0 Å². The highest BCUT2D eigenvalue weighted by molar-refractivity contribution is 5.57. The van der Waals surface area contributed by atoms with Crippen LogP contribution in [0.5, 0.6) is 0 Å². The molecule has 3 heteroatoms. The molecular formula is C16H16FNO. The van der Waals surface area contributed by atoms with Gasteiger partial charge in [-0.3, -0.25) is 0 Å². The zero-order valence-electron chi connectivity index (χ0n) is 10.7. The van der Waals surface area contributed by atoms with Gasteiger partial charge in [0.25, 0.3) is 0 Å². The van der Waals surface area contributed by atoms with Crippen LogP contribution < -0.4 is 5.32 Å². The van der Waals surface area contributed by atoms with E-state index < -0.39 is 6.10 Å². The first-order valence-corrected chi connectivity index (χ1v) is 6.44. The Morgan fingerprint density at radius 2 is 2.05 bits per heavy atom. The number of benzene rings is 2. The summed E-state index contributed by atoms with van der Waals surface area (Å²) in [7, 11) is 0. The summed E-state index contributed by atoms with van der Waals surface area (Å²) in [5, 5.41) is 13.8. The molecule has 3 rings (SSSR count). The Morgan fingerprint density at radius 1 is 1.26 bits per heavy atom. The third-order valence-corrected chi connectivity index (χ3v) is 3.74. The summed E-state index contributed by atoms with van der Waals surface area (Å²) in [5.41, 5.74) is 3.82. The molecule has 2 atom stereocenters. The van der Waals surface area contributed by atoms with Crippen molar-refractivity contribution >= 4 is 5.69 Å². The molecular weight excluding hydrogens is 241 g/mol. The lowest BCUT2D eigenvalue weighted by atomic mass is 9.96. The van der Waals surface area contributed by atoms with Crippen LogP contribution in [0.3, 0.4) is 0 Å². The fraction of sp³-hybridized carbons (Fsp3) is 0.250. The van der Waals surface area contributed by atoms with Crippen molar-refractivity contribution in [1.82, 2.24) is 0 Å². The Hall–Kier alpha value is -1.87. The van der Waals surface area contributed by atoms with Gasteiger partial charge in [0.2, 0.25) is 0 Å². The quantitative estimate of drug-likeness (QED) is 0.866. The number of hydrogen-bond acceptors (Lipinski definition) is 2. The van der Waals surface area contributed by atoms with Gasteiger partial charge in [-0.2, -0.15) is 0 Å². The van der Waals surface area contributed by atoms with Crippen LogP contribution in [-0.4, -0.2) is 11.1 Å². The second-order valence-electron chi connectivity index (χ2n) is 5.06. The van der Waals surface area contributed by atoms with Gasteiger partial charge in [0.15, 0.2) is 0 Å². The second-order valence-corrected chi connectivity index (χ2v) is 5.06. The van der Waals surface area contributed by atoms with E-state index in [4.69, 9.17) is 0 Å². The van der Waals surface area contributed by atoms with Crippen LogP contribution in [0.2, 0.25) is 0 Å². The Morgan fingerprint density at radius 3 is 2.84 bits per heavy atom. The molecule has 0 saturated heterocycles. The van der Waals surface area contributed by atoms with Gasteiger partial charge in [-0.25, -0.2) is 4.39 Å². The molecule has 1 heterocycles. The molecule has 2 aromatic carbocycles. The number of para-hydroxylation sites is 1. The van der Waals surface area contributed by atoms with Gasteiger partial charge >= 0.3 is 0 Å². The Balaban J connectivity index is 1.87. The summed E-state index contributed by atoms with van der Waals surface area (Å²) in [4.78, 5) is 0. The fourth-order valence-corrected chi connectivity index (χ4v) is 2.66. The van der Waals surface area contributed by atoms with Crippen molar-refractivity contribution in [3.05, 3.63) is 65.0 Å². The first-order chi connectivity index (χ1) is 9.15. The number of nitrogens with one attached hydrogen (secondary N) is 1. The summed E-state index contributed by atoms with van der Waals surface area (Å²) in [6.45, 7) is 1.89. The summed E-state index contributed by atoms with van der Waals surface area (Å²) < 4.78 is 13.3. The van der Waals surface area contributed by atoms with E-state index >= 15 is 0 Å². The van der Waals surface area contributed by atoms with E-state index in [9.17, 15) is 9.50 Å². The van der Waals surface area contributed by atoms with Crippen LogP contribution in [0, 0.1) is 12.7 Å². The van der Waals surface area contributed by atoms with E-state index in [2.05, 4.69) is 5.32 Å². The van der Waals surface area contributed by atoms with E-state index in [1.54, 1.807) is 6.07 Å². The lowest BCUT2D eigenvalue weighted by Crippen LogP contribution is -2.25. The zero-order valence-corrected chi connectivity index (χ0v) is 10.7. The van der Waals surface area contributed by atoms with Crippen LogP contribution in [0.25, 0.3) is 0 Å². The van der Waals surface area contributed by atoms with E-state index in [0.29, 0.717) is 5.56 Å². The number of hydrogen-bond donors (Lipinski definition) is 2. The predicted molar refractivity (Wildman–Crippen MR) is 73.7 cm³/mol. The first-order valence-electron chi connectivity index (χ1n) is 6.44. The van der Waals surface area contributed by atoms with E-state index in [1.165, 1.54) is 17.7 Å². The topological polar surface area (TPSA) is 32.3 Å². The molecule has 2 N–H and O–H groups in total. The minimum atomic E-state index is -0.705. The van der Waals surface area contributed by atoms with Crippen LogP contribution in [0.15, 0.2) is 42.5 Å². The maximum Gasteiger partial charge on any atom is 0.123 e. The SMILES string of the molecule is Cc1ccc(F)cc1C(O)C1Cc2ccccc2N1. The molecule has 98 valence electrons. The van der Waals surface area contributed by atoms with Crippen LogP contribution in [0.4, 0.5) is 10.1 Å². The van der Waals surface area contributed by atoms with Gasteiger partial charge in [-0.05, 0) is 48.2 Å². The number of fused-ring (bicyclic) bond motifs is 1. The van der Waals surface area contributed by atoms with Gasteiger partial charge in [0.1, 0.15) is 5.82 Å². The second kappa shape index (κ2) is 4.67. The van der Waals surface area contributed by atoms with Crippen molar-refractivity contribution in [2.24, 2.45) is 0 Å². The summed E-state index contributed by atoms with van der Waals surface area (Å²) >= 11 is 0. The van der Waals surface area contributed by atoms with Crippen molar-refractivity contribution < 1.29 is 9.50 Å². The zero-order chi connectivity index (χ0) is 13.4. The fourth-order valence-electron chi connectivity index (χ4n) is 2.66. The smallest absolute Gasteiger partial charge is 0.123 e. The Labute approximate surface area is 111 Å². The molecule has 0 radical (unpaired) electrons. The highest BCUT2D eigenvalue weighted by Gasteiger charge is 2.28. The Kier molecular flexibility index (Phi) is 2.99. The monoisotopic (exact) mass is 257 g/mol. The van der Waals surface area contributed by atoms with E-state index in [1.807, 2.05) is 31.2 Å². The van der Waals surface area contributed by atoms with Gasteiger partial charge in [0, 0.05) is 5.69 Å². The molecule has 1 aliphatic heterocycles. The number of halogens is 1. The molecule has 0 amide bonds. The summed E-state index contributed by atoms with van der Waals surface area (Å²) in [6.07, 6.45) is 0.0518. The third kappa shape index (κ3) is 2.22. The normalized spacial score (nSPS) is 18.8. The lowest BCUT2D eigenvalue weighted by molar-refractivity contribution is 0.155. The molecule has 2 nitrogen and oxygen atoms in total. The lowest BCUT2D eigenvalue weighted by Gasteiger charge is -2.21. The standard InChI is InChI=1S/C16H16FNO/c1-10-6-7-12(17)9-13(10)16(19)15-8-11-4-2-3-5-14(11)18-15/h2-7,9,15-16,18-19H,8H2,1H3.